The third-order valence-electron chi connectivity index (χ3n) is 6.35. The Hall–Kier alpha value is -3.42. The topological polar surface area (TPSA) is 79.0 Å². The number of likely N-dealkylation sites (tertiary alicyclic amines) is 1. The smallest absolute Gasteiger partial charge is 0.256 e. The van der Waals surface area contributed by atoms with Crippen molar-refractivity contribution < 1.29 is 23.5 Å². The zero-order valence-corrected chi connectivity index (χ0v) is 18.8. The molecule has 0 saturated carbocycles. The van der Waals surface area contributed by atoms with Crippen molar-refractivity contribution in [3.63, 3.8) is 0 Å². The van der Waals surface area contributed by atoms with Crippen molar-refractivity contribution in [1.29, 1.82) is 0 Å². The lowest BCUT2D eigenvalue weighted by Gasteiger charge is -2.33. The monoisotopic (exact) mass is 453 g/mol. The van der Waals surface area contributed by atoms with Gasteiger partial charge in [0.25, 0.3) is 5.91 Å². The zero-order valence-electron chi connectivity index (χ0n) is 18.8. The van der Waals surface area contributed by atoms with E-state index in [9.17, 15) is 18.8 Å². The van der Waals surface area contributed by atoms with E-state index in [-0.39, 0.29) is 35.7 Å². The predicted molar refractivity (Wildman–Crippen MR) is 122 cm³/mol. The number of ether oxygens (including phenoxy) is 1. The third kappa shape index (κ3) is 4.84. The van der Waals surface area contributed by atoms with Gasteiger partial charge in [-0.3, -0.25) is 14.4 Å². The summed E-state index contributed by atoms with van der Waals surface area (Å²) in [6, 6.07) is 11.5. The molecule has 2 heterocycles. The molecule has 0 bridgehead atoms. The molecule has 2 aliphatic rings. The second-order valence-electron chi connectivity index (χ2n) is 8.64. The fourth-order valence-corrected chi connectivity index (χ4v) is 4.48. The first-order valence-electron chi connectivity index (χ1n) is 11.2. The number of aryl methyl sites for hydroxylation is 1. The Kier molecular flexibility index (Phi) is 6.62. The van der Waals surface area contributed by atoms with Crippen LogP contribution in [0.15, 0.2) is 42.5 Å². The largest absolute Gasteiger partial charge is 0.495 e. The number of benzene rings is 2. The standard InChI is InChI=1S/C25H28FN3O4/c1-16-7-8-22(33-2)21(13-16)29-15-17(14-23(29)30)24(31)27-18-9-11-28(12-10-18)25(32)19-5-3-4-6-20(19)26/h3-8,13,17-18H,9-12,14-15H2,1-2H3,(H,27,31). The van der Waals surface area contributed by atoms with Crippen LogP contribution in [0.4, 0.5) is 10.1 Å². The molecule has 1 unspecified atom stereocenters. The van der Waals surface area contributed by atoms with Crippen LogP contribution in [0.5, 0.6) is 5.75 Å². The van der Waals surface area contributed by atoms with Gasteiger partial charge in [0.15, 0.2) is 0 Å². The molecular formula is C25H28FN3O4. The molecular weight excluding hydrogens is 425 g/mol. The van der Waals surface area contributed by atoms with Crippen molar-refractivity contribution >= 4 is 23.4 Å². The van der Waals surface area contributed by atoms with Gasteiger partial charge in [-0.15, -0.1) is 0 Å². The van der Waals surface area contributed by atoms with Crippen molar-refractivity contribution in [3.8, 4) is 5.75 Å². The Labute approximate surface area is 192 Å². The Morgan fingerprint density at radius 2 is 1.85 bits per heavy atom. The molecule has 1 N–H and O–H groups in total. The minimum absolute atomic E-state index is 0.0659. The van der Waals surface area contributed by atoms with E-state index in [0.29, 0.717) is 43.9 Å². The van der Waals surface area contributed by atoms with Crippen LogP contribution in [0.1, 0.15) is 35.2 Å². The number of amides is 3. The molecule has 2 aromatic carbocycles. The molecule has 2 saturated heterocycles. The number of carbonyl (C=O) groups is 3. The number of nitrogens with zero attached hydrogens (tertiary/aromatic N) is 2. The van der Waals surface area contributed by atoms with Crippen molar-refractivity contribution in [1.82, 2.24) is 10.2 Å². The quantitative estimate of drug-likeness (QED) is 0.755. The third-order valence-corrected chi connectivity index (χ3v) is 6.35. The van der Waals surface area contributed by atoms with E-state index in [2.05, 4.69) is 5.32 Å². The van der Waals surface area contributed by atoms with Crippen molar-refractivity contribution in [2.75, 3.05) is 31.6 Å². The van der Waals surface area contributed by atoms with Crippen LogP contribution in [0.3, 0.4) is 0 Å². The van der Waals surface area contributed by atoms with Crippen LogP contribution in [-0.2, 0) is 9.59 Å². The van der Waals surface area contributed by atoms with Crippen LogP contribution in [0, 0.1) is 18.7 Å². The van der Waals surface area contributed by atoms with Crippen LogP contribution >= 0.6 is 0 Å². The molecule has 0 radical (unpaired) electrons. The first-order valence-corrected chi connectivity index (χ1v) is 11.2. The van der Waals surface area contributed by atoms with Gasteiger partial charge in [0.1, 0.15) is 11.6 Å². The SMILES string of the molecule is COc1ccc(C)cc1N1CC(C(=O)NC2CCN(C(=O)c3ccccc3F)CC2)CC1=O. The lowest BCUT2D eigenvalue weighted by atomic mass is 10.0. The van der Waals surface area contributed by atoms with Gasteiger partial charge < -0.3 is 19.9 Å². The number of piperidine rings is 1. The summed E-state index contributed by atoms with van der Waals surface area (Å²) in [5.41, 5.74) is 1.75. The van der Waals surface area contributed by atoms with Gasteiger partial charge >= 0.3 is 0 Å². The molecule has 4 rings (SSSR count). The molecule has 2 fully saturated rings. The maximum Gasteiger partial charge on any atom is 0.256 e. The lowest BCUT2D eigenvalue weighted by molar-refractivity contribution is -0.127. The van der Waals surface area contributed by atoms with E-state index in [0.717, 1.165) is 5.56 Å². The second-order valence-corrected chi connectivity index (χ2v) is 8.64. The van der Waals surface area contributed by atoms with E-state index < -0.39 is 11.7 Å². The summed E-state index contributed by atoms with van der Waals surface area (Å²) < 4.78 is 19.3. The number of nitrogens with one attached hydrogen (secondary N) is 1. The molecule has 2 aliphatic heterocycles. The molecule has 1 atom stereocenters. The summed E-state index contributed by atoms with van der Waals surface area (Å²) in [4.78, 5) is 41.4. The maximum atomic E-state index is 13.9. The average molecular weight is 454 g/mol. The summed E-state index contributed by atoms with van der Waals surface area (Å²) in [6.45, 7) is 3.12. The Morgan fingerprint density at radius 1 is 1.12 bits per heavy atom. The molecule has 0 aromatic heterocycles. The Morgan fingerprint density at radius 3 is 2.55 bits per heavy atom. The Balaban J connectivity index is 1.33. The average Bonchev–Trinajstić information content (AvgIpc) is 3.21. The zero-order chi connectivity index (χ0) is 23.5. The summed E-state index contributed by atoms with van der Waals surface area (Å²) >= 11 is 0. The van der Waals surface area contributed by atoms with Gasteiger partial charge in [-0.2, -0.15) is 0 Å². The highest BCUT2D eigenvalue weighted by molar-refractivity contribution is 6.01. The van der Waals surface area contributed by atoms with Gasteiger partial charge in [0, 0.05) is 32.1 Å². The van der Waals surface area contributed by atoms with E-state index >= 15 is 0 Å². The minimum Gasteiger partial charge on any atom is -0.495 e. The van der Waals surface area contributed by atoms with Gasteiger partial charge in [-0.1, -0.05) is 18.2 Å². The highest BCUT2D eigenvalue weighted by atomic mass is 19.1. The van der Waals surface area contributed by atoms with Crippen molar-refractivity contribution in [2.24, 2.45) is 5.92 Å². The highest BCUT2D eigenvalue weighted by Crippen LogP contribution is 2.34. The number of carbonyl (C=O) groups excluding carboxylic acids is 3. The highest BCUT2D eigenvalue weighted by Gasteiger charge is 2.37. The van der Waals surface area contributed by atoms with Gasteiger partial charge in [-0.25, -0.2) is 4.39 Å². The van der Waals surface area contributed by atoms with E-state index in [1.807, 2.05) is 25.1 Å². The van der Waals surface area contributed by atoms with E-state index in [4.69, 9.17) is 4.74 Å². The first-order chi connectivity index (χ1) is 15.9. The minimum atomic E-state index is -0.529. The summed E-state index contributed by atoms with van der Waals surface area (Å²) in [7, 11) is 1.56. The summed E-state index contributed by atoms with van der Waals surface area (Å²) in [5, 5.41) is 3.04. The molecule has 174 valence electrons. The predicted octanol–water partition coefficient (Wildman–Crippen LogP) is 2.92. The summed E-state index contributed by atoms with van der Waals surface area (Å²) in [5.74, 6) is -0.968. The van der Waals surface area contributed by atoms with Crippen molar-refractivity contribution in [3.05, 3.63) is 59.4 Å². The van der Waals surface area contributed by atoms with E-state index in [1.54, 1.807) is 29.0 Å². The number of hydrogen-bond acceptors (Lipinski definition) is 4. The lowest BCUT2D eigenvalue weighted by Crippen LogP contribution is -2.48. The fraction of sp³-hybridized carbons (Fsp3) is 0.400. The van der Waals surface area contributed by atoms with Gasteiger partial charge in [0.05, 0.1) is 24.3 Å². The molecule has 7 nitrogen and oxygen atoms in total. The van der Waals surface area contributed by atoms with Gasteiger partial charge in [0.2, 0.25) is 11.8 Å². The number of hydrogen-bond donors (Lipinski definition) is 1. The number of methoxy groups -OCH3 is 1. The molecule has 3 amide bonds. The molecule has 8 heteroatoms. The number of anilines is 1. The molecule has 2 aromatic rings. The van der Waals surface area contributed by atoms with Crippen molar-refractivity contribution in [2.45, 2.75) is 32.2 Å². The van der Waals surface area contributed by atoms with Crippen LogP contribution in [0.25, 0.3) is 0 Å². The first kappa shape index (κ1) is 22.8. The normalized spacial score (nSPS) is 19.0. The maximum absolute atomic E-state index is 13.9. The van der Waals surface area contributed by atoms with Crippen LogP contribution in [-0.4, -0.2) is 55.4 Å². The summed E-state index contributed by atoms with van der Waals surface area (Å²) in [6.07, 6.45) is 1.32. The number of rotatable bonds is 5. The van der Waals surface area contributed by atoms with E-state index in [1.165, 1.54) is 12.1 Å². The second kappa shape index (κ2) is 9.60. The Bertz CT molecular complexity index is 1070. The number of halogens is 1. The van der Waals surface area contributed by atoms with Crippen LogP contribution in [0.2, 0.25) is 0 Å². The molecule has 0 spiro atoms. The fourth-order valence-electron chi connectivity index (χ4n) is 4.48. The van der Waals surface area contributed by atoms with Gasteiger partial charge in [-0.05, 0) is 49.6 Å². The molecule has 0 aliphatic carbocycles. The molecule has 33 heavy (non-hydrogen) atoms. The van der Waals surface area contributed by atoms with Crippen LogP contribution < -0.4 is 15.0 Å².